The first-order valence-corrected chi connectivity index (χ1v) is 9.00. The van der Waals surface area contributed by atoms with E-state index in [4.69, 9.17) is 0 Å². The number of unbranched alkanes of at least 4 members (excludes halogenated alkanes) is 3. The van der Waals surface area contributed by atoms with E-state index in [2.05, 4.69) is 29.0 Å². The van der Waals surface area contributed by atoms with Gasteiger partial charge in [0.05, 0.1) is 0 Å². The third-order valence-electron chi connectivity index (χ3n) is 5.04. The van der Waals surface area contributed by atoms with Crippen LogP contribution in [-0.2, 0) is 0 Å². The second-order valence-corrected chi connectivity index (χ2v) is 6.80. The van der Waals surface area contributed by atoms with E-state index in [1.165, 1.54) is 84.2 Å². The maximum Gasteiger partial charge on any atom is 0.0224 e. The number of rotatable bonds is 9. The van der Waals surface area contributed by atoms with E-state index < -0.39 is 0 Å². The van der Waals surface area contributed by atoms with Crippen LogP contribution in [0.15, 0.2) is 0 Å². The van der Waals surface area contributed by atoms with Gasteiger partial charge in [-0.2, -0.15) is 0 Å². The number of nitrogens with one attached hydrogen (secondary N) is 1. The molecule has 0 aliphatic carbocycles. The highest BCUT2D eigenvalue weighted by atomic mass is 15.3. The lowest BCUT2D eigenvalue weighted by atomic mass is 10.1. The predicted octanol–water partition coefficient (Wildman–Crippen LogP) is 2.71. The number of piperazine rings is 1. The molecule has 0 aromatic carbocycles. The number of hydrogen-bond acceptors (Lipinski definition) is 3. The second-order valence-electron chi connectivity index (χ2n) is 6.80. The van der Waals surface area contributed by atoms with Crippen LogP contribution >= 0.6 is 0 Å². The van der Waals surface area contributed by atoms with E-state index >= 15 is 0 Å². The van der Waals surface area contributed by atoms with Gasteiger partial charge in [0, 0.05) is 25.2 Å². The summed E-state index contributed by atoms with van der Waals surface area (Å²) in [6, 6.07) is 1.65. The Morgan fingerprint density at radius 3 is 2.75 bits per heavy atom. The van der Waals surface area contributed by atoms with Gasteiger partial charge in [0.2, 0.25) is 0 Å². The molecule has 2 aliphatic heterocycles. The summed E-state index contributed by atoms with van der Waals surface area (Å²) in [5.41, 5.74) is 0. The van der Waals surface area contributed by atoms with Gasteiger partial charge in [-0.15, -0.1) is 0 Å². The molecule has 0 radical (unpaired) electrons. The van der Waals surface area contributed by atoms with Crippen molar-refractivity contribution in [3.63, 3.8) is 0 Å². The van der Waals surface area contributed by atoms with E-state index in [1.54, 1.807) is 0 Å². The van der Waals surface area contributed by atoms with Crippen LogP contribution in [0.3, 0.4) is 0 Å². The van der Waals surface area contributed by atoms with Crippen LogP contribution in [-0.4, -0.2) is 61.2 Å². The Bertz CT molecular complexity index is 257. The van der Waals surface area contributed by atoms with Crippen molar-refractivity contribution < 1.29 is 0 Å². The molecule has 2 rings (SSSR count). The zero-order valence-corrected chi connectivity index (χ0v) is 13.7. The molecule has 2 unspecified atom stereocenters. The third kappa shape index (κ3) is 5.01. The molecule has 20 heavy (non-hydrogen) atoms. The Morgan fingerprint density at radius 2 is 1.90 bits per heavy atom. The second kappa shape index (κ2) is 9.01. The van der Waals surface area contributed by atoms with E-state index in [0.717, 1.165) is 12.1 Å². The minimum atomic E-state index is 0.774. The van der Waals surface area contributed by atoms with Crippen molar-refractivity contribution in [2.24, 2.45) is 0 Å². The normalized spacial score (nSPS) is 27.9. The molecule has 2 heterocycles. The fraction of sp³-hybridized carbons (Fsp3) is 1.00. The number of nitrogens with zero attached hydrogens (tertiary/aromatic N) is 2. The minimum absolute atomic E-state index is 0.774. The van der Waals surface area contributed by atoms with E-state index in [9.17, 15) is 0 Å². The molecule has 2 saturated heterocycles. The summed E-state index contributed by atoms with van der Waals surface area (Å²) in [6.45, 7) is 12.4. The Morgan fingerprint density at radius 1 is 1.05 bits per heavy atom. The zero-order chi connectivity index (χ0) is 14.2. The maximum absolute atomic E-state index is 3.49. The first-order chi connectivity index (χ1) is 9.81. The highest BCUT2D eigenvalue weighted by molar-refractivity contribution is 4.90. The summed E-state index contributed by atoms with van der Waals surface area (Å²) in [5.74, 6) is 0. The molecule has 0 bridgehead atoms. The molecule has 3 heteroatoms. The van der Waals surface area contributed by atoms with Gasteiger partial charge in [-0.25, -0.2) is 0 Å². The van der Waals surface area contributed by atoms with Gasteiger partial charge in [0.25, 0.3) is 0 Å². The molecule has 2 aliphatic rings. The van der Waals surface area contributed by atoms with Crippen molar-refractivity contribution in [1.82, 2.24) is 15.1 Å². The summed E-state index contributed by atoms with van der Waals surface area (Å²) in [7, 11) is 0. The molecule has 0 spiro atoms. The molecular weight excluding hydrogens is 246 g/mol. The summed E-state index contributed by atoms with van der Waals surface area (Å²) < 4.78 is 0. The molecule has 2 atom stereocenters. The molecule has 0 saturated carbocycles. The predicted molar refractivity (Wildman–Crippen MR) is 87.3 cm³/mol. The summed E-state index contributed by atoms with van der Waals surface area (Å²) >= 11 is 0. The van der Waals surface area contributed by atoms with E-state index in [1.807, 2.05) is 0 Å². The average molecular weight is 281 g/mol. The van der Waals surface area contributed by atoms with Crippen molar-refractivity contribution in [1.29, 1.82) is 0 Å². The smallest absolute Gasteiger partial charge is 0.0224 e. The van der Waals surface area contributed by atoms with Gasteiger partial charge in [0.15, 0.2) is 0 Å². The van der Waals surface area contributed by atoms with Crippen LogP contribution in [0.4, 0.5) is 0 Å². The van der Waals surface area contributed by atoms with Crippen molar-refractivity contribution in [3.05, 3.63) is 0 Å². The van der Waals surface area contributed by atoms with Crippen LogP contribution in [0.2, 0.25) is 0 Å². The van der Waals surface area contributed by atoms with E-state index in [0.29, 0.717) is 0 Å². The molecule has 118 valence electrons. The topological polar surface area (TPSA) is 18.5 Å². The van der Waals surface area contributed by atoms with Crippen LogP contribution in [0.25, 0.3) is 0 Å². The zero-order valence-electron chi connectivity index (χ0n) is 13.7. The lowest BCUT2D eigenvalue weighted by Crippen LogP contribution is -2.54. The highest BCUT2D eigenvalue weighted by Crippen LogP contribution is 2.24. The summed E-state index contributed by atoms with van der Waals surface area (Å²) in [4.78, 5) is 5.47. The summed E-state index contributed by atoms with van der Waals surface area (Å²) in [6.07, 6.45) is 9.67. The molecule has 1 N–H and O–H groups in total. The van der Waals surface area contributed by atoms with Crippen LogP contribution in [0, 0.1) is 0 Å². The average Bonchev–Trinajstić information content (AvgIpc) is 2.88. The lowest BCUT2D eigenvalue weighted by molar-refractivity contribution is 0.0583. The number of hydrogen-bond donors (Lipinski definition) is 1. The largest absolute Gasteiger partial charge is 0.317 e. The number of fused-ring (bicyclic) bond motifs is 1. The van der Waals surface area contributed by atoms with Gasteiger partial charge in [-0.3, -0.25) is 9.80 Å². The fourth-order valence-electron chi connectivity index (χ4n) is 3.78. The summed E-state index contributed by atoms with van der Waals surface area (Å²) in [5, 5.41) is 3.49. The molecular formula is C17H35N3. The van der Waals surface area contributed by atoms with Crippen molar-refractivity contribution in [2.75, 3.05) is 39.3 Å². The molecule has 0 amide bonds. The van der Waals surface area contributed by atoms with Gasteiger partial charge in [-0.1, -0.05) is 19.8 Å². The molecule has 2 fully saturated rings. The monoisotopic (exact) mass is 281 g/mol. The van der Waals surface area contributed by atoms with Gasteiger partial charge < -0.3 is 5.32 Å². The third-order valence-corrected chi connectivity index (χ3v) is 5.04. The Kier molecular flexibility index (Phi) is 7.32. The molecule has 0 aromatic rings. The Balaban J connectivity index is 1.51. The minimum Gasteiger partial charge on any atom is -0.317 e. The highest BCUT2D eigenvalue weighted by Gasteiger charge is 2.33. The van der Waals surface area contributed by atoms with Crippen molar-refractivity contribution >= 4 is 0 Å². The van der Waals surface area contributed by atoms with Gasteiger partial charge in [-0.05, 0) is 65.2 Å². The fourth-order valence-corrected chi connectivity index (χ4v) is 3.78. The van der Waals surface area contributed by atoms with Gasteiger partial charge >= 0.3 is 0 Å². The Hall–Kier alpha value is -0.120. The SMILES string of the molecule is CCCNCCCCCCN1CC2CCCN2CC1C. The van der Waals surface area contributed by atoms with Gasteiger partial charge in [0.1, 0.15) is 0 Å². The molecule has 0 aromatic heterocycles. The van der Waals surface area contributed by atoms with Crippen molar-refractivity contribution in [3.8, 4) is 0 Å². The van der Waals surface area contributed by atoms with E-state index in [-0.39, 0.29) is 0 Å². The van der Waals surface area contributed by atoms with Crippen LogP contribution in [0.5, 0.6) is 0 Å². The molecule has 3 nitrogen and oxygen atoms in total. The maximum atomic E-state index is 3.49. The van der Waals surface area contributed by atoms with Crippen LogP contribution in [0.1, 0.15) is 58.8 Å². The van der Waals surface area contributed by atoms with Crippen LogP contribution < -0.4 is 5.32 Å². The standard InChI is InChI=1S/C17H35N3/c1-3-10-18-11-6-4-5-7-12-19-15-17-9-8-13-20(17)14-16(19)2/h16-18H,3-15H2,1-2H3. The lowest BCUT2D eigenvalue weighted by Gasteiger charge is -2.42. The van der Waals surface area contributed by atoms with Crippen molar-refractivity contribution in [2.45, 2.75) is 70.9 Å². The first-order valence-electron chi connectivity index (χ1n) is 9.00. The first kappa shape index (κ1) is 16.3. The quantitative estimate of drug-likeness (QED) is 0.656. The Labute approximate surface area is 126 Å².